The van der Waals surface area contributed by atoms with E-state index in [0.717, 1.165) is 55.7 Å². The molecule has 2 aliphatic rings. The van der Waals surface area contributed by atoms with Gasteiger partial charge >= 0.3 is 0 Å². The van der Waals surface area contributed by atoms with E-state index in [2.05, 4.69) is 9.88 Å². The monoisotopic (exact) mass is 369 g/mol. The van der Waals surface area contributed by atoms with E-state index in [9.17, 15) is 4.79 Å². The summed E-state index contributed by atoms with van der Waals surface area (Å²) in [5.74, 6) is 0.865. The van der Waals surface area contributed by atoms with Crippen molar-refractivity contribution in [2.45, 2.75) is 44.4 Å². The number of carbonyl (C=O) groups excluding carboxylic acids is 1. The maximum Gasteiger partial charge on any atom is 0.225 e. The molecule has 1 aromatic carbocycles. The average molecular weight is 370 g/mol. The molecule has 0 N–H and O–H groups in total. The maximum absolute atomic E-state index is 12.8. The number of aromatic nitrogens is 2. The van der Waals surface area contributed by atoms with Crippen LogP contribution in [-0.4, -0.2) is 33.9 Å². The molecule has 0 unspecified atom stereocenters. The van der Waals surface area contributed by atoms with Crippen LogP contribution in [0.3, 0.4) is 0 Å². The lowest BCUT2D eigenvalue weighted by Crippen LogP contribution is -2.42. The number of hydrogen-bond donors (Lipinski definition) is 0. The van der Waals surface area contributed by atoms with Gasteiger partial charge in [-0.2, -0.15) is 0 Å². The van der Waals surface area contributed by atoms with Gasteiger partial charge < -0.3 is 4.90 Å². The van der Waals surface area contributed by atoms with Crippen LogP contribution >= 0.6 is 11.6 Å². The first-order valence-electron chi connectivity index (χ1n) is 9.57. The van der Waals surface area contributed by atoms with E-state index in [0.29, 0.717) is 10.9 Å². The van der Waals surface area contributed by atoms with Crippen molar-refractivity contribution in [2.24, 2.45) is 5.92 Å². The highest BCUT2D eigenvalue weighted by molar-refractivity contribution is 6.30. The van der Waals surface area contributed by atoms with Crippen LogP contribution in [0, 0.1) is 5.92 Å². The number of halogens is 1. The van der Waals surface area contributed by atoms with Gasteiger partial charge in [0.05, 0.1) is 17.6 Å². The van der Waals surface area contributed by atoms with Gasteiger partial charge in [-0.25, -0.2) is 4.98 Å². The minimum absolute atomic E-state index is 0.248. The summed E-state index contributed by atoms with van der Waals surface area (Å²) in [4.78, 5) is 24.1. The molecule has 0 bridgehead atoms. The van der Waals surface area contributed by atoms with E-state index in [1.165, 1.54) is 12.8 Å². The maximum atomic E-state index is 12.8. The molecule has 1 saturated carbocycles. The van der Waals surface area contributed by atoms with Crippen molar-refractivity contribution in [3.05, 3.63) is 47.4 Å². The lowest BCUT2D eigenvalue weighted by Gasteiger charge is -2.34. The van der Waals surface area contributed by atoms with Crippen LogP contribution in [-0.2, 0) is 4.79 Å². The van der Waals surface area contributed by atoms with E-state index in [1.54, 1.807) is 6.20 Å². The summed E-state index contributed by atoms with van der Waals surface area (Å²) >= 11 is 6.11. The molecule has 1 saturated heterocycles. The molecule has 0 spiro atoms. The Balaban J connectivity index is 1.51. The molecule has 2 aromatic rings. The number of carbonyl (C=O) groups is 1. The van der Waals surface area contributed by atoms with Crippen LogP contribution in [0.25, 0.3) is 11.3 Å². The minimum Gasteiger partial charge on any atom is -0.342 e. The van der Waals surface area contributed by atoms with Crippen LogP contribution < -0.4 is 0 Å². The van der Waals surface area contributed by atoms with Crippen molar-refractivity contribution in [1.82, 2.24) is 14.9 Å². The molecule has 2 heterocycles. The topological polar surface area (TPSA) is 46.1 Å². The van der Waals surface area contributed by atoms with Crippen molar-refractivity contribution in [1.29, 1.82) is 0 Å². The van der Waals surface area contributed by atoms with Crippen LogP contribution in [0.1, 0.15) is 50.1 Å². The second-order valence-electron chi connectivity index (χ2n) is 7.44. The quantitative estimate of drug-likeness (QED) is 0.788. The van der Waals surface area contributed by atoms with Gasteiger partial charge in [0.15, 0.2) is 0 Å². The first kappa shape index (κ1) is 17.5. The second kappa shape index (κ2) is 7.75. The van der Waals surface area contributed by atoms with Gasteiger partial charge in [-0.1, -0.05) is 36.6 Å². The molecular weight excluding hydrogens is 346 g/mol. The first-order valence-corrected chi connectivity index (χ1v) is 9.95. The SMILES string of the molecule is O=C(C1CCCC1)N1CCC[C@@H](c2cncc(-c3cccc(Cl)c3)n2)C1. The van der Waals surface area contributed by atoms with Gasteiger partial charge in [0.25, 0.3) is 0 Å². The van der Waals surface area contributed by atoms with E-state index in [1.807, 2.05) is 30.5 Å². The lowest BCUT2D eigenvalue weighted by atomic mass is 9.93. The van der Waals surface area contributed by atoms with Gasteiger partial charge in [-0.3, -0.25) is 9.78 Å². The number of rotatable bonds is 3. The van der Waals surface area contributed by atoms with Gasteiger partial charge in [-0.05, 0) is 37.8 Å². The zero-order chi connectivity index (χ0) is 17.9. The van der Waals surface area contributed by atoms with E-state index in [4.69, 9.17) is 16.6 Å². The summed E-state index contributed by atoms with van der Waals surface area (Å²) in [7, 11) is 0. The summed E-state index contributed by atoms with van der Waals surface area (Å²) in [5.41, 5.74) is 2.79. The molecule has 1 amide bonds. The zero-order valence-corrected chi connectivity index (χ0v) is 15.7. The fraction of sp³-hybridized carbons (Fsp3) is 0.476. The highest BCUT2D eigenvalue weighted by Gasteiger charge is 2.31. The molecule has 1 aliphatic heterocycles. The third-order valence-electron chi connectivity index (χ3n) is 5.63. The molecule has 4 rings (SSSR count). The Morgan fingerprint density at radius 1 is 1.12 bits per heavy atom. The fourth-order valence-electron chi connectivity index (χ4n) is 4.21. The van der Waals surface area contributed by atoms with Crippen LogP contribution in [0.15, 0.2) is 36.7 Å². The summed E-state index contributed by atoms with van der Waals surface area (Å²) in [6.07, 6.45) is 10.2. The number of likely N-dealkylation sites (tertiary alicyclic amines) is 1. The summed E-state index contributed by atoms with van der Waals surface area (Å²) in [5, 5.41) is 0.695. The Morgan fingerprint density at radius 2 is 1.96 bits per heavy atom. The first-order chi connectivity index (χ1) is 12.7. The average Bonchev–Trinajstić information content (AvgIpc) is 3.22. The van der Waals surface area contributed by atoms with Crippen LogP contribution in [0.4, 0.5) is 0 Å². The molecule has 26 heavy (non-hydrogen) atoms. The Bertz CT molecular complexity index is 788. The van der Waals surface area contributed by atoms with E-state index in [-0.39, 0.29) is 11.8 Å². The Morgan fingerprint density at radius 3 is 2.77 bits per heavy atom. The molecule has 4 nitrogen and oxygen atoms in total. The van der Waals surface area contributed by atoms with Crippen molar-refractivity contribution in [3.8, 4) is 11.3 Å². The standard InChI is InChI=1S/C21H24ClN3O/c22-18-9-3-7-16(11-18)19-12-23-13-20(24-19)17-8-4-10-25(14-17)21(26)15-5-1-2-6-15/h3,7,9,11-13,15,17H,1-2,4-6,8,10,14H2/t17-/m1/s1. The molecular formula is C21H24ClN3O. The minimum atomic E-state index is 0.248. The predicted octanol–water partition coefficient (Wildman–Crippen LogP) is 4.69. The van der Waals surface area contributed by atoms with E-state index < -0.39 is 0 Å². The summed E-state index contributed by atoms with van der Waals surface area (Å²) in [6.45, 7) is 1.65. The van der Waals surface area contributed by atoms with Crippen LogP contribution in [0.2, 0.25) is 5.02 Å². The third kappa shape index (κ3) is 3.75. The van der Waals surface area contributed by atoms with Gasteiger partial charge in [0, 0.05) is 41.7 Å². The zero-order valence-electron chi connectivity index (χ0n) is 14.9. The number of amides is 1. The third-order valence-corrected chi connectivity index (χ3v) is 5.86. The molecule has 0 radical (unpaired) electrons. The van der Waals surface area contributed by atoms with Crippen molar-refractivity contribution in [2.75, 3.05) is 13.1 Å². The van der Waals surface area contributed by atoms with Gasteiger partial charge in [0.2, 0.25) is 5.91 Å². The molecule has 5 heteroatoms. The molecule has 136 valence electrons. The van der Waals surface area contributed by atoms with Gasteiger partial charge in [0.1, 0.15) is 0 Å². The van der Waals surface area contributed by atoms with E-state index >= 15 is 0 Å². The number of hydrogen-bond acceptors (Lipinski definition) is 3. The lowest BCUT2D eigenvalue weighted by molar-refractivity contribution is -0.136. The summed E-state index contributed by atoms with van der Waals surface area (Å²) < 4.78 is 0. The molecule has 1 aliphatic carbocycles. The smallest absolute Gasteiger partial charge is 0.225 e. The highest BCUT2D eigenvalue weighted by Crippen LogP contribution is 2.31. The largest absolute Gasteiger partial charge is 0.342 e. The number of benzene rings is 1. The van der Waals surface area contributed by atoms with Crippen molar-refractivity contribution >= 4 is 17.5 Å². The normalized spacial score (nSPS) is 21.1. The number of nitrogens with zero attached hydrogens (tertiary/aromatic N) is 3. The highest BCUT2D eigenvalue weighted by atomic mass is 35.5. The fourth-order valence-corrected chi connectivity index (χ4v) is 4.40. The molecule has 1 atom stereocenters. The Hall–Kier alpha value is -1.94. The molecule has 1 aromatic heterocycles. The van der Waals surface area contributed by atoms with Crippen molar-refractivity contribution < 1.29 is 4.79 Å². The van der Waals surface area contributed by atoms with Crippen LogP contribution in [0.5, 0.6) is 0 Å². The molecule has 2 fully saturated rings. The van der Waals surface area contributed by atoms with Crippen molar-refractivity contribution in [3.63, 3.8) is 0 Å². The second-order valence-corrected chi connectivity index (χ2v) is 7.88. The Labute approximate surface area is 159 Å². The Kier molecular flexibility index (Phi) is 5.21. The predicted molar refractivity (Wildman–Crippen MR) is 103 cm³/mol. The summed E-state index contributed by atoms with van der Waals surface area (Å²) in [6, 6.07) is 7.69. The number of piperidine rings is 1. The van der Waals surface area contributed by atoms with Gasteiger partial charge in [-0.15, -0.1) is 0 Å².